The minimum Gasteiger partial charge on any atom is -0.377 e. The molecule has 1 heterocycles. The summed E-state index contributed by atoms with van der Waals surface area (Å²) in [6.07, 6.45) is 0. The quantitative estimate of drug-likeness (QED) is 0.384. The lowest BCUT2D eigenvalue weighted by Crippen LogP contribution is -2.43. The molecule has 0 radical (unpaired) electrons. The van der Waals surface area contributed by atoms with Gasteiger partial charge in [-0.25, -0.2) is 21.6 Å². The summed E-state index contributed by atoms with van der Waals surface area (Å²) in [5, 5.41) is 2.83. The van der Waals surface area contributed by atoms with Gasteiger partial charge in [0.25, 0.3) is 5.91 Å². The molecule has 39 heavy (non-hydrogen) atoms. The Morgan fingerprint density at radius 2 is 1.49 bits per heavy atom. The molecule has 1 fully saturated rings. The average Bonchev–Trinajstić information content (AvgIpc) is 2.76. The second-order valence-electron chi connectivity index (χ2n) is 12.9. The number of rotatable bonds is 7. The van der Waals surface area contributed by atoms with Crippen LogP contribution in [0.15, 0.2) is 47.4 Å². The molecule has 2 aromatic carbocycles. The first-order chi connectivity index (χ1) is 17.7. The molecule has 3 N–H and O–H groups in total. The summed E-state index contributed by atoms with van der Waals surface area (Å²) >= 11 is 0. The van der Waals surface area contributed by atoms with Crippen molar-refractivity contribution in [2.75, 3.05) is 28.0 Å². The van der Waals surface area contributed by atoms with Gasteiger partial charge in [-0.2, -0.15) is 13.1 Å². The number of amides is 1. The zero-order valence-corrected chi connectivity index (χ0v) is 26.8. The molecule has 0 saturated carbocycles. The molecule has 0 spiro atoms. The van der Waals surface area contributed by atoms with Crippen molar-refractivity contribution in [2.24, 2.45) is 0 Å². The molecule has 0 unspecified atom stereocenters. The number of sulfonamides is 2. The number of hydrogen-bond donors (Lipinski definition) is 3. The third-order valence-corrected chi connectivity index (χ3v) is 13.6. The van der Waals surface area contributed by atoms with Crippen molar-refractivity contribution >= 4 is 51.1 Å². The van der Waals surface area contributed by atoms with E-state index in [2.05, 4.69) is 32.8 Å². The Kier molecular flexibility index (Phi) is 8.67. The van der Waals surface area contributed by atoms with Crippen molar-refractivity contribution in [1.29, 1.82) is 0 Å². The van der Waals surface area contributed by atoms with Crippen LogP contribution in [0.25, 0.3) is 0 Å². The summed E-state index contributed by atoms with van der Waals surface area (Å²) in [5.41, 5.74) is 1.10. The zero-order chi connectivity index (χ0) is 29.4. The summed E-state index contributed by atoms with van der Waals surface area (Å²) in [6.45, 7) is 16.4. The van der Waals surface area contributed by atoms with Crippen LogP contribution < -0.4 is 19.7 Å². The van der Waals surface area contributed by atoms with Crippen molar-refractivity contribution in [3.05, 3.63) is 48.0 Å². The molecule has 0 atom stereocenters. The lowest BCUT2D eigenvalue weighted by molar-refractivity contribution is 0.102. The highest BCUT2D eigenvalue weighted by Crippen LogP contribution is 2.32. The van der Waals surface area contributed by atoms with E-state index in [9.17, 15) is 21.6 Å². The van der Waals surface area contributed by atoms with Crippen molar-refractivity contribution in [3.63, 3.8) is 0 Å². The van der Waals surface area contributed by atoms with Gasteiger partial charge in [0.15, 0.2) is 0 Å². The summed E-state index contributed by atoms with van der Waals surface area (Å²) < 4.78 is 55.5. The predicted octanol–water partition coefficient (Wildman–Crippen LogP) is 5.08. The van der Waals surface area contributed by atoms with Gasteiger partial charge in [-0.3, -0.25) is 9.52 Å². The lowest BCUT2D eigenvalue weighted by Gasteiger charge is -2.45. The highest BCUT2D eigenvalue weighted by Gasteiger charge is 2.30. The molecule has 9 nitrogen and oxygen atoms in total. The molecule has 1 aliphatic heterocycles. The first kappa shape index (κ1) is 31.1. The maximum absolute atomic E-state index is 13.5. The van der Waals surface area contributed by atoms with E-state index in [4.69, 9.17) is 0 Å². The minimum atomic E-state index is -3.78. The Balaban J connectivity index is 1.95. The van der Waals surface area contributed by atoms with Crippen LogP contribution in [-0.2, 0) is 20.0 Å². The predicted molar refractivity (Wildman–Crippen MR) is 163 cm³/mol. The maximum atomic E-state index is 13.5. The van der Waals surface area contributed by atoms with Gasteiger partial charge >= 0.3 is 0 Å². The number of carbonyl (C=O) groups excluding carboxylic acids is 1. The third kappa shape index (κ3) is 8.06. The molecule has 217 valence electrons. The molecule has 12 heteroatoms. The summed E-state index contributed by atoms with van der Waals surface area (Å²) in [6, 6.07) is 13.1. The van der Waals surface area contributed by atoms with Gasteiger partial charge < -0.3 is 10.2 Å². The summed E-state index contributed by atoms with van der Waals surface area (Å²) in [7, 11) is -8.74. The van der Waals surface area contributed by atoms with Crippen LogP contribution in [0.5, 0.6) is 0 Å². The van der Waals surface area contributed by atoms with Crippen LogP contribution in [0, 0.1) is 0 Å². The average molecular weight is 595 g/mol. The Bertz CT molecular complexity index is 1430. The Morgan fingerprint density at radius 1 is 0.872 bits per heavy atom. The van der Waals surface area contributed by atoms with Gasteiger partial charge in [0.1, 0.15) is 0 Å². The standard InChI is InChI=1S/C27H42N4O5S2Si/c1-26(2,3)30-37(33,34)22-11-9-10-20(18-22)28-25(32)23-13-12-21(29-38(35,36)27(4,5)6)19-24(23)31-14-16-39(7,8)17-15-31/h9-13,18-19,29-30H,14-17H2,1-8H3,(H,28,32)/q-1. The lowest BCUT2D eigenvalue weighted by atomic mass is 10.1. The molecule has 1 amide bonds. The highest BCUT2D eigenvalue weighted by atomic mass is 32.2. The third-order valence-electron chi connectivity index (χ3n) is 6.60. The van der Waals surface area contributed by atoms with Crippen LogP contribution in [0.3, 0.4) is 0 Å². The summed E-state index contributed by atoms with van der Waals surface area (Å²) in [5.74, 6) is -0.407. The molecular formula is C27H42N4O5S2Si-. The zero-order valence-electron chi connectivity index (χ0n) is 24.2. The van der Waals surface area contributed by atoms with Crippen molar-refractivity contribution in [2.45, 2.75) is 81.9 Å². The molecule has 0 aliphatic carbocycles. The van der Waals surface area contributed by atoms with Crippen LogP contribution in [-0.4, -0.2) is 54.2 Å². The van der Waals surface area contributed by atoms with E-state index < -0.39 is 44.3 Å². The van der Waals surface area contributed by atoms with Crippen molar-refractivity contribution in [1.82, 2.24) is 4.72 Å². The number of nitrogens with zero attached hydrogens (tertiary/aromatic N) is 1. The molecule has 2 aromatic rings. The minimum absolute atomic E-state index is 0.0469. The Morgan fingerprint density at radius 3 is 2.05 bits per heavy atom. The van der Waals surface area contributed by atoms with Gasteiger partial charge in [-0.05, 0) is 91.0 Å². The number of anilines is 3. The van der Waals surface area contributed by atoms with E-state index in [0.29, 0.717) is 22.6 Å². The smallest absolute Gasteiger partial charge is 0.257 e. The van der Waals surface area contributed by atoms with Crippen LogP contribution in [0.1, 0.15) is 51.9 Å². The van der Waals surface area contributed by atoms with Gasteiger partial charge in [-0.15, -0.1) is 20.2 Å². The Hall–Kier alpha value is -2.41. The first-order valence-electron chi connectivity index (χ1n) is 13.1. The number of benzene rings is 2. The maximum Gasteiger partial charge on any atom is 0.257 e. The number of carbonyl (C=O) groups is 1. The van der Waals surface area contributed by atoms with Crippen LogP contribution in [0.4, 0.5) is 17.1 Å². The van der Waals surface area contributed by atoms with E-state index in [1.807, 2.05) is 0 Å². The normalized spacial score (nSPS) is 16.6. The largest absolute Gasteiger partial charge is 0.377 e. The molecule has 3 rings (SSSR count). The fourth-order valence-electron chi connectivity index (χ4n) is 4.11. The topological polar surface area (TPSA) is 125 Å². The first-order valence-corrected chi connectivity index (χ1v) is 19.4. The molecule has 1 aliphatic rings. The number of nitrogens with one attached hydrogen (secondary N) is 3. The monoisotopic (exact) mass is 594 g/mol. The van der Waals surface area contributed by atoms with Gasteiger partial charge in [0.05, 0.1) is 26.6 Å². The number of hydrogen-bond acceptors (Lipinski definition) is 6. The fraction of sp³-hybridized carbons (Fsp3) is 0.519. The fourth-order valence-corrected chi connectivity index (χ4v) is 8.32. The van der Waals surface area contributed by atoms with Crippen molar-refractivity contribution in [3.8, 4) is 0 Å². The van der Waals surface area contributed by atoms with E-state index >= 15 is 0 Å². The van der Waals surface area contributed by atoms with E-state index in [-0.39, 0.29) is 4.90 Å². The molecule has 0 aromatic heterocycles. The second-order valence-corrected chi connectivity index (χ2v) is 22.4. The summed E-state index contributed by atoms with van der Waals surface area (Å²) in [4.78, 5) is 15.7. The van der Waals surface area contributed by atoms with Gasteiger partial charge in [0, 0.05) is 11.2 Å². The van der Waals surface area contributed by atoms with Gasteiger partial charge in [-0.1, -0.05) is 6.07 Å². The highest BCUT2D eigenvalue weighted by molar-refractivity contribution is 7.94. The second kappa shape index (κ2) is 10.9. The molecule has 1 saturated heterocycles. The molecular weight excluding hydrogens is 553 g/mol. The van der Waals surface area contributed by atoms with Gasteiger partial charge in [0.2, 0.25) is 20.0 Å². The molecule has 0 bridgehead atoms. The van der Waals surface area contributed by atoms with E-state index in [1.165, 1.54) is 12.1 Å². The SMILES string of the molecule is CC(C)(C)NS(=O)(=O)c1cccc(NC(=O)c2ccc(NS(=O)(=O)C(C)(C)C)cc2N2CC[Si-](C)(C)CC2)c1. The van der Waals surface area contributed by atoms with Crippen LogP contribution in [0.2, 0.25) is 25.2 Å². The van der Waals surface area contributed by atoms with Crippen LogP contribution >= 0.6 is 0 Å². The van der Waals surface area contributed by atoms with E-state index in [0.717, 1.165) is 25.2 Å². The van der Waals surface area contributed by atoms with Crippen molar-refractivity contribution < 1.29 is 21.6 Å². The Labute approximate surface area is 234 Å². The van der Waals surface area contributed by atoms with E-state index in [1.54, 1.807) is 71.9 Å².